The lowest BCUT2D eigenvalue weighted by molar-refractivity contribution is 0.146. The fraction of sp³-hybridized carbons (Fsp3) is 0.158. The molecular weight excluding hydrogens is 308 g/mol. The first-order valence-electron chi connectivity index (χ1n) is 7.68. The highest BCUT2D eigenvalue weighted by Crippen LogP contribution is 2.25. The molecule has 24 heavy (non-hydrogen) atoms. The Kier molecular flexibility index (Phi) is 5.11. The van der Waals surface area contributed by atoms with Crippen LogP contribution >= 0.6 is 0 Å². The van der Waals surface area contributed by atoms with Crippen molar-refractivity contribution in [1.29, 1.82) is 0 Å². The van der Waals surface area contributed by atoms with E-state index in [2.05, 4.69) is 39.6 Å². The lowest BCUT2D eigenvalue weighted by Gasteiger charge is -2.19. The van der Waals surface area contributed by atoms with Gasteiger partial charge in [0.05, 0.1) is 0 Å². The summed E-state index contributed by atoms with van der Waals surface area (Å²) in [4.78, 5) is 7.61. The number of hydrogen-bond donors (Lipinski definition) is 1. The number of nitrogens with zero attached hydrogens (tertiary/aromatic N) is 2. The minimum atomic E-state index is -2.60. The number of halogens is 2. The molecule has 0 atom stereocenters. The van der Waals surface area contributed by atoms with Gasteiger partial charge in [0, 0.05) is 18.5 Å². The van der Waals surface area contributed by atoms with Crippen molar-refractivity contribution in [3.05, 3.63) is 89.9 Å². The van der Waals surface area contributed by atoms with E-state index in [1.807, 2.05) is 36.4 Å². The van der Waals surface area contributed by atoms with Crippen LogP contribution in [0, 0.1) is 0 Å². The predicted molar refractivity (Wildman–Crippen MR) is 90.2 cm³/mol. The van der Waals surface area contributed by atoms with Gasteiger partial charge in [-0.3, -0.25) is 0 Å². The smallest absolute Gasteiger partial charge is 0.280 e. The van der Waals surface area contributed by atoms with Crippen LogP contribution in [0.2, 0.25) is 0 Å². The van der Waals surface area contributed by atoms with Gasteiger partial charge >= 0.3 is 0 Å². The first kappa shape index (κ1) is 16.1. The van der Waals surface area contributed by atoms with Crippen molar-refractivity contribution in [2.45, 2.75) is 12.3 Å². The van der Waals surface area contributed by atoms with Crippen molar-refractivity contribution in [1.82, 2.24) is 9.97 Å². The molecule has 1 heterocycles. The molecular formula is C19H17F2N3. The second-order valence-electron chi connectivity index (χ2n) is 5.38. The maximum Gasteiger partial charge on any atom is 0.280 e. The SMILES string of the molecule is FC(F)c1cc(NCC(c2ccccc2)c2ccccc2)ncn1. The van der Waals surface area contributed by atoms with E-state index in [4.69, 9.17) is 0 Å². The summed E-state index contributed by atoms with van der Waals surface area (Å²) < 4.78 is 25.5. The van der Waals surface area contributed by atoms with Crippen LogP contribution in [0.1, 0.15) is 29.2 Å². The Bertz CT molecular complexity index is 724. The Labute approximate surface area is 139 Å². The topological polar surface area (TPSA) is 37.8 Å². The molecule has 3 nitrogen and oxygen atoms in total. The van der Waals surface area contributed by atoms with E-state index in [0.29, 0.717) is 12.4 Å². The van der Waals surface area contributed by atoms with Crippen molar-refractivity contribution < 1.29 is 8.78 Å². The molecule has 1 N–H and O–H groups in total. The Morgan fingerprint density at radius 2 is 1.42 bits per heavy atom. The molecule has 122 valence electrons. The maximum absolute atomic E-state index is 12.8. The van der Waals surface area contributed by atoms with Crippen molar-refractivity contribution >= 4 is 5.82 Å². The van der Waals surface area contributed by atoms with Crippen molar-refractivity contribution in [3.63, 3.8) is 0 Å². The Morgan fingerprint density at radius 1 is 0.833 bits per heavy atom. The molecule has 0 saturated carbocycles. The highest BCUT2D eigenvalue weighted by molar-refractivity contribution is 5.39. The molecule has 0 saturated heterocycles. The zero-order chi connectivity index (χ0) is 16.8. The molecule has 3 rings (SSSR count). The first-order chi connectivity index (χ1) is 11.7. The fourth-order valence-corrected chi connectivity index (χ4v) is 2.59. The molecule has 0 radical (unpaired) electrons. The molecule has 0 aliphatic heterocycles. The van der Waals surface area contributed by atoms with Crippen LogP contribution in [0.25, 0.3) is 0 Å². The molecule has 0 spiro atoms. The minimum absolute atomic E-state index is 0.0948. The number of hydrogen-bond acceptors (Lipinski definition) is 3. The molecule has 0 fully saturated rings. The van der Waals surface area contributed by atoms with Crippen LogP contribution < -0.4 is 5.32 Å². The maximum atomic E-state index is 12.8. The third kappa shape index (κ3) is 3.93. The predicted octanol–water partition coefficient (Wildman–Crippen LogP) is 4.66. The van der Waals surface area contributed by atoms with Crippen LogP contribution in [0.4, 0.5) is 14.6 Å². The molecule has 0 aliphatic carbocycles. The summed E-state index contributed by atoms with van der Waals surface area (Å²) in [7, 11) is 0. The Morgan fingerprint density at radius 3 is 1.96 bits per heavy atom. The van der Waals surface area contributed by atoms with Gasteiger partial charge in [0.15, 0.2) is 0 Å². The molecule has 0 bridgehead atoms. The van der Waals surface area contributed by atoms with Crippen LogP contribution in [0.3, 0.4) is 0 Å². The Balaban J connectivity index is 1.82. The van der Waals surface area contributed by atoms with Crippen LogP contribution in [-0.4, -0.2) is 16.5 Å². The average Bonchev–Trinajstić information content (AvgIpc) is 2.64. The number of nitrogens with one attached hydrogen (secondary N) is 1. The summed E-state index contributed by atoms with van der Waals surface area (Å²) >= 11 is 0. The third-order valence-electron chi connectivity index (χ3n) is 3.80. The molecule has 5 heteroatoms. The monoisotopic (exact) mass is 325 g/mol. The van der Waals surface area contributed by atoms with Crippen LogP contribution in [0.5, 0.6) is 0 Å². The van der Waals surface area contributed by atoms with Gasteiger partial charge in [0.25, 0.3) is 6.43 Å². The van der Waals surface area contributed by atoms with E-state index in [9.17, 15) is 8.78 Å². The van der Waals surface area contributed by atoms with E-state index in [1.165, 1.54) is 6.07 Å². The molecule has 0 aliphatic rings. The standard InChI is InChI=1S/C19H17F2N3/c20-19(21)17-11-18(24-13-23-17)22-12-16(14-7-3-1-4-8-14)15-9-5-2-6-10-15/h1-11,13,16,19H,12H2,(H,22,23,24). The van der Waals surface area contributed by atoms with Gasteiger partial charge in [-0.2, -0.15) is 0 Å². The van der Waals surface area contributed by atoms with Gasteiger partial charge in [0.2, 0.25) is 0 Å². The van der Waals surface area contributed by atoms with Gasteiger partial charge in [-0.1, -0.05) is 60.7 Å². The normalized spacial score (nSPS) is 11.0. The first-order valence-corrected chi connectivity index (χ1v) is 7.68. The quantitative estimate of drug-likeness (QED) is 0.716. The molecule has 3 aromatic rings. The highest BCUT2D eigenvalue weighted by atomic mass is 19.3. The molecule has 2 aromatic carbocycles. The summed E-state index contributed by atoms with van der Waals surface area (Å²) in [5.74, 6) is 0.495. The van der Waals surface area contributed by atoms with Crippen LogP contribution in [-0.2, 0) is 0 Å². The van der Waals surface area contributed by atoms with Crippen molar-refractivity contribution in [2.24, 2.45) is 0 Å². The summed E-state index contributed by atoms with van der Waals surface area (Å²) in [6.45, 7) is 0.549. The van der Waals surface area contributed by atoms with Crippen molar-refractivity contribution in [3.8, 4) is 0 Å². The summed E-state index contributed by atoms with van der Waals surface area (Å²) in [5.41, 5.74) is 2.03. The van der Waals surface area contributed by atoms with E-state index in [-0.39, 0.29) is 11.6 Å². The summed E-state index contributed by atoms with van der Waals surface area (Å²) in [6.07, 6.45) is -1.45. The van der Waals surface area contributed by atoms with Gasteiger partial charge in [0.1, 0.15) is 17.8 Å². The van der Waals surface area contributed by atoms with Gasteiger partial charge < -0.3 is 5.32 Å². The second-order valence-corrected chi connectivity index (χ2v) is 5.38. The third-order valence-corrected chi connectivity index (χ3v) is 3.80. The second kappa shape index (κ2) is 7.64. The average molecular weight is 325 g/mol. The molecule has 0 unspecified atom stereocenters. The Hall–Kier alpha value is -2.82. The number of rotatable bonds is 6. The van der Waals surface area contributed by atoms with E-state index < -0.39 is 6.43 Å². The number of alkyl halides is 2. The fourth-order valence-electron chi connectivity index (χ4n) is 2.59. The zero-order valence-corrected chi connectivity index (χ0v) is 12.9. The zero-order valence-electron chi connectivity index (χ0n) is 12.9. The molecule has 1 aromatic heterocycles. The van der Waals surface area contributed by atoms with Crippen LogP contribution in [0.15, 0.2) is 73.1 Å². The largest absolute Gasteiger partial charge is 0.369 e. The van der Waals surface area contributed by atoms with Gasteiger partial charge in [-0.15, -0.1) is 0 Å². The minimum Gasteiger partial charge on any atom is -0.369 e. The van der Waals surface area contributed by atoms with E-state index in [1.54, 1.807) is 0 Å². The van der Waals surface area contributed by atoms with Gasteiger partial charge in [-0.05, 0) is 11.1 Å². The van der Waals surface area contributed by atoms with Crippen molar-refractivity contribution in [2.75, 3.05) is 11.9 Å². The number of aromatic nitrogens is 2. The lowest BCUT2D eigenvalue weighted by atomic mass is 9.91. The summed E-state index contributed by atoms with van der Waals surface area (Å²) in [6, 6.07) is 21.4. The number of anilines is 1. The van der Waals surface area contributed by atoms with E-state index >= 15 is 0 Å². The lowest BCUT2D eigenvalue weighted by Crippen LogP contribution is -2.15. The number of benzene rings is 2. The molecule has 0 amide bonds. The highest BCUT2D eigenvalue weighted by Gasteiger charge is 2.15. The summed E-state index contributed by atoms with van der Waals surface area (Å²) in [5, 5.41) is 3.15. The van der Waals surface area contributed by atoms with E-state index in [0.717, 1.165) is 17.5 Å². The van der Waals surface area contributed by atoms with Gasteiger partial charge in [-0.25, -0.2) is 18.7 Å².